The summed E-state index contributed by atoms with van der Waals surface area (Å²) in [6.45, 7) is 0. The lowest BCUT2D eigenvalue weighted by Gasteiger charge is -2.20. The molecule has 0 heterocycles. The Balaban J connectivity index is 2.95. The topological polar surface area (TPSA) is 93.8 Å². The lowest BCUT2D eigenvalue weighted by molar-refractivity contribution is -0.138. The molecule has 6 nitrogen and oxygen atoms in total. The number of nitrogens with one attached hydrogen (secondary N) is 1. The maximum atomic E-state index is 10.8. The molecule has 0 aromatic heterocycles. The first-order valence-electron chi connectivity index (χ1n) is 5.91. The molecule has 0 spiro atoms. The second-order valence-electron chi connectivity index (χ2n) is 4.14. The van der Waals surface area contributed by atoms with E-state index >= 15 is 0 Å². The highest BCUT2D eigenvalue weighted by molar-refractivity contribution is 5.73. The van der Waals surface area contributed by atoms with Crippen molar-refractivity contribution in [3.63, 3.8) is 0 Å². The fraction of sp³-hybridized carbons (Fsp3) is 0.462. The standard InChI is InChI=1S/C13H20N2O4/c1-15-10(7-9(14)13(16)17)8-4-5-11(18-2)12(6-8)19-3/h4-6,9-10,15H,7,14H2,1-3H3,(H,16,17). The van der Waals surface area contributed by atoms with E-state index in [-0.39, 0.29) is 6.04 Å². The van der Waals surface area contributed by atoms with Crippen molar-refractivity contribution in [2.45, 2.75) is 18.5 Å². The number of ether oxygens (including phenoxy) is 2. The van der Waals surface area contributed by atoms with E-state index in [2.05, 4.69) is 5.32 Å². The summed E-state index contributed by atoms with van der Waals surface area (Å²) in [5.74, 6) is 0.216. The van der Waals surface area contributed by atoms with E-state index in [1.807, 2.05) is 12.1 Å². The zero-order chi connectivity index (χ0) is 14.4. The molecule has 0 saturated heterocycles. The van der Waals surface area contributed by atoms with E-state index in [0.717, 1.165) is 5.56 Å². The third-order valence-electron chi connectivity index (χ3n) is 2.97. The molecule has 1 rings (SSSR count). The molecule has 0 saturated carbocycles. The molecule has 1 aromatic carbocycles. The highest BCUT2D eigenvalue weighted by Crippen LogP contribution is 2.31. The maximum absolute atomic E-state index is 10.8. The van der Waals surface area contributed by atoms with Crippen LogP contribution in [0, 0.1) is 0 Å². The first-order chi connectivity index (χ1) is 9.03. The molecule has 0 fully saturated rings. The average molecular weight is 268 g/mol. The molecule has 1 aromatic rings. The van der Waals surface area contributed by atoms with Crippen LogP contribution in [0.5, 0.6) is 11.5 Å². The third kappa shape index (κ3) is 3.84. The number of hydrogen-bond donors (Lipinski definition) is 3. The van der Waals surface area contributed by atoms with Crippen LogP contribution in [0.3, 0.4) is 0 Å². The molecule has 0 amide bonds. The van der Waals surface area contributed by atoms with E-state index in [0.29, 0.717) is 17.9 Å². The molecule has 0 aliphatic rings. The lowest BCUT2D eigenvalue weighted by Crippen LogP contribution is -2.34. The lowest BCUT2D eigenvalue weighted by atomic mass is 9.99. The van der Waals surface area contributed by atoms with Gasteiger partial charge in [0.15, 0.2) is 11.5 Å². The Labute approximate surface area is 112 Å². The fourth-order valence-corrected chi connectivity index (χ4v) is 1.84. The van der Waals surface area contributed by atoms with Crippen LogP contribution in [0.1, 0.15) is 18.0 Å². The summed E-state index contributed by atoms with van der Waals surface area (Å²) >= 11 is 0. The number of benzene rings is 1. The predicted molar refractivity (Wildman–Crippen MR) is 71.6 cm³/mol. The van der Waals surface area contributed by atoms with Crippen molar-refractivity contribution in [3.05, 3.63) is 23.8 Å². The Morgan fingerprint density at radius 3 is 2.47 bits per heavy atom. The van der Waals surface area contributed by atoms with Crippen LogP contribution < -0.4 is 20.5 Å². The summed E-state index contributed by atoms with van der Waals surface area (Å²) in [6, 6.07) is 4.38. The Morgan fingerprint density at radius 2 is 2.00 bits per heavy atom. The normalized spacial score (nSPS) is 13.7. The summed E-state index contributed by atoms with van der Waals surface area (Å²) in [4.78, 5) is 10.8. The number of methoxy groups -OCH3 is 2. The molecule has 0 aliphatic heterocycles. The molecule has 4 N–H and O–H groups in total. The molecular formula is C13H20N2O4. The molecule has 2 unspecified atom stereocenters. The van der Waals surface area contributed by atoms with Crippen LogP contribution in [-0.4, -0.2) is 38.4 Å². The second-order valence-corrected chi connectivity index (χ2v) is 4.14. The van der Waals surface area contributed by atoms with Gasteiger partial charge < -0.3 is 25.6 Å². The Kier molecular flexibility index (Phi) is 5.59. The Morgan fingerprint density at radius 1 is 1.37 bits per heavy atom. The van der Waals surface area contributed by atoms with Crippen molar-refractivity contribution in [1.82, 2.24) is 5.32 Å². The summed E-state index contributed by atoms with van der Waals surface area (Å²) in [5, 5.41) is 11.9. The van der Waals surface area contributed by atoms with Gasteiger partial charge in [0.2, 0.25) is 0 Å². The minimum Gasteiger partial charge on any atom is -0.493 e. The zero-order valence-corrected chi connectivity index (χ0v) is 11.3. The van der Waals surface area contributed by atoms with Crippen molar-refractivity contribution in [3.8, 4) is 11.5 Å². The van der Waals surface area contributed by atoms with E-state index < -0.39 is 12.0 Å². The number of carboxylic acid groups (broad SMARTS) is 1. The van der Waals surface area contributed by atoms with Crippen LogP contribution in [0.25, 0.3) is 0 Å². The first-order valence-corrected chi connectivity index (χ1v) is 5.91. The molecule has 0 aliphatic carbocycles. The van der Waals surface area contributed by atoms with Crippen LogP contribution >= 0.6 is 0 Å². The number of nitrogens with two attached hydrogens (primary N) is 1. The van der Waals surface area contributed by atoms with Gasteiger partial charge in [0.1, 0.15) is 6.04 Å². The SMILES string of the molecule is CNC(CC(N)C(=O)O)c1ccc(OC)c(OC)c1. The molecule has 0 bridgehead atoms. The molecule has 0 radical (unpaired) electrons. The summed E-state index contributed by atoms with van der Waals surface area (Å²) < 4.78 is 10.4. The average Bonchev–Trinajstić information content (AvgIpc) is 2.43. The number of hydrogen-bond acceptors (Lipinski definition) is 5. The molecule has 106 valence electrons. The minimum absolute atomic E-state index is 0.161. The van der Waals surface area contributed by atoms with Crippen LogP contribution in [0.2, 0.25) is 0 Å². The highest BCUT2D eigenvalue weighted by atomic mass is 16.5. The van der Waals surface area contributed by atoms with E-state index in [1.54, 1.807) is 27.3 Å². The van der Waals surface area contributed by atoms with E-state index in [9.17, 15) is 4.79 Å². The van der Waals surface area contributed by atoms with Crippen LogP contribution in [0.4, 0.5) is 0 Å². The van der Waals surface area contributed by atoms with Crippen molar-refractivity contribution >= 4 is 5.97 Å². The molecule has 19 heavy (non-hydrogen) atoms. The van der Waals surface area contributed by atoms with Crippen molar-refractivity contribution in [2.75, 3.05) is 21.3 Å². The van der Waals surface area contributed by atoms with Crippen molar-refractivity contribution < 1.29 is 19.4 Å². The fourth-order valence-electron chi connectivity index (χ4n) is 1.84. The van der Waals surface area contributed by atoms with Gasteiger partial charge in [-0.25, -0.2) is 0 Å². The summed E-state index contributed by atoms with van der Waals surface area (Å²) in [5.41, 5.74) is 6.46. The maximum Gasteiger partial charge on any atom is 0.320 e. The highest BCUT2D eigenvalue weighted by Gasteiger charge is 2.20. The van der Waals surface area contributed by atoms with Gasteiger partial charge in [-0.15, -0.1) is 0 Å². The van der Waals surface area contributed by atoms with Gasteiger partial charge in [0.25, 0.3) is 0 Å². The zero-order valence-electron chi connectivity index (χ0n) is 11.3. The monoisotopic (exact) mass is 268 g/mol. The quantitative estimate of drug-likeness (QED) is 0.676. The van der Waals surface area contributed by atoms with Crippen LogP contribution in [-0.2, 0) is 4.79 Å². The number of rotatable bonds is 7. The number of aliphatic carboxylic acids is 1. The molecular weight excluding hydrogens is 248 g/mol. The van der Waals surface area contributed by atoms with Gasteiger partial charge in [-0.1, -0.05) is 6.07 Å². The van der Waals surface area contributed by atoms with Gasteiger partial charge >= 0.3 is 5.97 Å². The number of carboxylic acids is 1. The largest absolute Gasteiger partial charge is 0.493 e. The van der Waals surface area contributed by atoms with Crippen molar-refractivity contribution in [2.24, 2.45) is 5.73 Å². The van der Waals surface area contributed by atoms with Crippen molar-refractivity contribution in [1.29, 1.82) is 0 Å². The Hall–Kier alpha value is -1.79. The Bertz CT molecular complexity index is 437. The molecule has 6 heteroatoms. The van der Waals surface area contributed by atoms with Gasteiger partial charge in [0, 0.05) is 6.04 Å². The third-order valence-corrected chi connectivity index (χ3v) is 2.97. The first kappa shape index (κ1) is 15.3. The predicted octanol–water partition coefficient (Wildman–Crippen LogP) is 0.766. The molecule has 2 atom stereocenters. The smallest absolute Gasteiger partial charge is 0.320 e. The van der Waals surface area contributed by atoms with Gasteiger partial charge in [0.05, 0.1) is 14.2 Å². The summed E-state index contributed by atoms with van der Waals surface area (Å²) in [7, 11) is 4.88. The minimum atomic E-state index is -1.01. The van der Waals surface area contributed by atoms with Gasteiger partial charge in [-0.2, -0.15) is 0 Å². The van der Waals surface area contributed by atoms with Gasteiger partial charge in [-0.3, -0.25) is 4.79 Å². The van der Waals surface area contributed by atoms with E-state index in [1.165, 1.54) is 0 Å². The van der Waals surface area contributed by atoms with Crippen LogP contribution in [0.15, 0.2) is 18.2 Å². The van der Waals surface area contributed by atoms with Gasteiger partial charge in [-0.05, 0) is 31.2 Å². The second kappa shape index (κ2) is 6.96. The number of carbonyl (C=O) groups is 1. The summed E-state index contributed by atoms with van der Waals surface area (Å²) in [6.07, 6.45) is 0.293. The van der Waals surface area contributed by atoms with E-state index in [4.69, 9.17) is 20.3 Å².